The van der Waals surface area contributed by atoms with Gasteiger partial charge in [-0.1, -0.05) is 47.0 Å². The monoisotopic (exact) mass is 430 g/mol. The first-order valence-electron chi connectivity index (χ1n) is 11.0. The molecule has 0 bridgehead atoms. The third-order valence-electron chi connectivity index (χ3n) is 4.57. The molecular weight excluding hydrogens is 392 g/mol. The molecule has 0 aromatic carbocycles. The summed E-state index contributed by atoms with van der Waals surface area (Å²) < 4.78 is 21.1. The zero-order valence-electron chi connectivity index (χ0n) is 19.1. The second-order valence-electron chi connectivity index (χ2n) is 7.21. The molecule has 0 aliphatic rings. The van der Waals surface area contributed by atoms with Crippen LogP contribution in [0.2, 0.25) is 0 Å². The topological polar surface area (TPSA) is 105 Å². The van der Waals surface area contributed by atoms with Gasteiger partial charge in [-0.2, -0.15) is 0 Å². The minimum atomic E-state index is -2.12. The van der Waals surface area contributed by atoms with E-state index in [4.69, 9.17) is 18.9 Å². The lowest BCUT2D eigenvalue weighted by molar-refractivity contribution is -0.199. The lowest BCUT2D eigenvalue weighted by atomic mass is 9.82. The van der Waals surface area contributed by atoms with E-state index >= 15 is 0 Å². The molecule has 0 rings (SSSR count). The Balaban J connectivity index is 5.89. The van der Waals surface area contributed by atoms with Gasteiger partial charge in [-0.05, 0) is 25.7 Å². The van der Waals surface area contributed by atoms with Crippen LogP contribution >= 0.6 is 0 Å². The van der Waals surface area contributed by atoms with Gasteiger partial charge in [0.25, 0.3) is 0 Å². The van der Waals surface area contributed by atoms with Crippen LogP contribution in [0.3, 0.4) is 0 Å². The lowest BCUT2D eigenvalue weighted by Gasteiger charge is -2.35. The number of rotatable bonds is 16. The van der Waals surface area contributed by atoms with Crippen molar-refractivity contribution >= 4 is 23.9 Å². The third-order valence-corrected chi connectivity index (χ3v) is 4.57. The van der Waals surface area contributed by atoms with E-state index in [1.165, 1.54) is 0 Å². The number of esters is 4. The second kappa shape index (κ2) is 15.7. The first-order valence-corrected chi connectivity index (χ1v) is 11.0. The van der Waals surface area contributed by atoms with Crippen LogP contribution in [-0.2, 0) is 38.1 Å². The van der Waals surface area contributed by atoms with Crippen molar-refractivity contribution < 1.29 is 38.1 Å². The first-order chi connectivity index (χ1) is 14.3. The zero-order valence-corrected chi connectivity index (χ0v) is 19.1. The maximum Gasteiger partial charge on any atom is 0.352 e. The standard InChI is InChI=1S/C22H38O8/c1-6-10-13-27-19(24)16-22(30-17(5)23,21(26)29-15-12-8-3)18(9-4)20(25)28-14-11-7-2/h18H,6-16H2,1-5H3. The molecule has 0 aliphatic carbocycles. The van der Waals surface area contributed by atoms with Crippen LogP contribution in [0.15, 0.2) is 0 Å². The summed E-state index contributed by atoms with van der Waals surface area (Å²) in [4.78, 5) is 50.2. The van der Waals surface area contributed by atoms with Crippen molar-refractivity contribution in [3.63, 3.8) is 0 Å². The normalized spacial score (nSPS) is 13.6. The van der Waals surface area contributed by atoms with E-state index in [0.717, 1.165) is 26.2 Å². The molecule has 0 aromatic heterocycles. The number of ether oxygens (including phenoxy) is 4. The van der Waals surface area contributed by atoms with E-state index in [1.807, 2.05) is 20.8 Å². The van der Waals surface area contributed by atoms with Gasteiger partial charge in [0, 0.05) is 6.92 Å². The van der Waals surface area contributed by atoms with E-state index in [0.29, 0.717) is 19.3 Å². The molecule has 0 aliphatic heterocycles. The van der Waals surface area contributed by atoms with Crippen molar-refractivity contribution in [1.82, 2.24) is 0 Å². The maximum atomic E-state index is 13.1. The van der Waals surface area contributed by atoms with Gasteiger partial charge in [0.2, 0.25) is 5.60 Å². The molecule has 0 saturated carbocycles. The molecule has 8 heteroatoms. The summed E-state index contributed by atoms with van der Waals surface area (Å²) in [6.07, 6.45) is 3.84. The summed E-state index contributed by atoms with van der Waals surface area (Å²) in [5.41, 5.74) is -2.12. The summed E-state index contributed by atoms with van der Waals surface area (Å²) in [5, 5.41) is 0. The Hall–Kier alpha value is -2.12. The van der Waals surface area contributed by atoms with Crippen LogP contribution in [0.25, 0.3) is 0 Å². The Morgan fingerprint density at radius 2 is 1.27 bits per heavy atom. The van der Waals surface area contributed by atoms with Gasteiger partial charge in [0.15, 0.2) is 0 Å². The molecule has 2 atom stereocenters. The summed E-state index contributed by atoms with van der Waals surface area (Å²) >= 11 is 0. The third kappa shape index (κ3) is 9.59. The molecule has 8 nitrogen and oxygen atoms in total. The number of unbranched alkanes of at least 4 members (excludes halogenated alkanes) is 3. The predicted octanol–water partition coefficient (Wildman–Crippen LogP) is 3.73. The SMILES string of the molecule is CCCCOC(=O)CC(OC(C)=O)(C(=O)OCCCC)C(CC)C(=O)OCCCC. The zero-order chi connectivity index (χ0) is 23.0. The van der Waals surface area contributed by atoms with Gasteiger partial charge in [0.05, 0.1) is 26.2 Å². The van der Waals surface area contributed by atoms with Crippen molar-refractivity contribution in [3.05, 3.63) is 0 Å². The highest BCUT2D eigenvalue weighted by Crippen LogP contribution is 2.33. The number of hydrogen-bond donors (Lipinski definition) is 0. The first kappa shape index (κ1) is 27.9. The second-order valence-corrected chi connectivity index (χ2v) is 7.21. The van der Waals surface area contributed by atoms with Crippen LogP contribution in [0.5, 0.6) is 0 Å². The van der Waals surface area contributed by atoms with Crippen LogP contribution < -0.4 is 0 Å². The Morgan fingerprint density at radius 1 is 0.767 bits per heavy atom. The molecule has 0 aromatic rings. The Bertz CT molecular complexity index is 545. The van der Waals surface area contributed by atoms with E-state index in [2.05, 4.69) is 0 Å². The molecule has 0 amide bonds. The summed E-state index contributed by atoms with van der Waals surface area (Å²) in [5.74, 6) is -4.37. The lowest BCUT2D eigenvalue weighted by Crippen LogP contribution is -2.55. The largest absolute Gasteiger partial charge is 0.466 e. The van der Waals surface area contributed by atoms with Crippen LogP contribution in [0.4, 0.5) is 0 Å². The summed E-state index contributed by atoms with van der Waals surface area (Å²) in [7, 11) is 0. The molecule has 30 heavy (non-hydrogen) atoms. The smallest absolute Gasteiger partial charge is 0.352 e. The number of hydrogen-bond acceptors (Lipinski definition) is 8. The van der Waals surface area contributed by atoms with E-state index in [9.17, 15) is 19.2 Å². The van der Waals surface area contributed by atoms with Crippen LogP contribution in [0, 0.1) is 5.92 Å². The predicted molar refractivity (Wildman–Crippen MR) is 110 cm³/mol. The van der Waals surface area contributed by atoms with Gasteiger partial charge in [-0.3, -0.25) is 14.4 Å². The molecular formula is C22H38O8. The van der Waals surface area contributed by atoms with Crippen LogP contribution in [0.1, 0.15) is 86.0 Å². The minimum Gasteiger partial charge on any atom is -0.466 e. The van der Waals surface area contributed by atoms with Crippen molar-refractivity contribution in [2.24, 2.45) is 5.92 Å². The average molecular weight is 431 g/mol. The average Bonchev–Trinajstić information content (AvgIpc) is 2.68. The van der Waals surface area contributed by atoms with Gasteiger partial charge in [-0.25, -0.2) is 4.79 Å². The fourth-order valence-corrected chi connectivity index (χ4v) is 2.87. The molecule has 0 saturated heterocycles. The van der Waals surface area contributed by atoms with Crippen molar-refractivity contribution in [1.29, 1.82) is 0 Å². The van der Waals surface area contributed by atoms with Gasteiger partial charge >= 0.3 is 23.9 Å². The van der Waals surface area contributed by atoms with Crippen LogP contribution in [-0.4, -0.2) is 49.3 Å². The van der Waals surface area contributed by atoms with Crippen molar-refractivity contribution in [2.45, 2.75) is 91.6 Å². The fourth-order valence-electron chi connectivity index (χ4n) is 2.87. The van der Waals surface area contributed by atoms with E-state index < -0.39 is 41.8 Å². The quantitative estimate of drug-likeness (QED) is 0.207. The fraction of sp³-hybridized carbons (Fsp3) is 0.818. The van der Waals surface area contributed by atoms with Crippen molar-refractivity contribution in [3.8, 4) is 0 Å². The Labute approximate surface area is 180 Å². The molecule has 0 heterocycles. The van der Waals surface area contributed by atoms with E-state index in [1.54, 1.807) is 6.92 Å². The number of carbonyl (C=O) groups is 4. The summed E-state index contributed by atoms with van der Waals surface area (Å²) in [6.45, 7) is 9.04. The van der Waals surface area contributed by atoms with E-state index in [-0.39, 0.29) is 26.2 Å². The molecule has 0 spiro atoms. The van der Waals surface area contributed by atoms with Gasteiger partial charge in [-0.15, -0.1) is 0 Å². The molecule has 0 fully saturated rings. The van der Waals surface area contributed by atoms with Crippen molar-refractivity contribution in [2.75, 3.05) is 19.8 Å². The Morgan fingerprint density at radius 3 is 1.73 bits per heavy atom. The summed E-state index contributed by atoms with van der Waals surface area (Å²) in [6, 6.07) is 0. The van der Waals surface area contributed by atoms with Gasteiger partial charge in [0.1, 0.15) is 5.92 Å². The molecule has 2 unspecified atom stereocenters. The highest BCUT2D eigenvalue weighted by molar-refractivity contribution is 5.93. The minimum absolute atomic E-state index is 0.0878. The van der Waals surface area contributed by atoms with Gasteiger partial charge < -0.3 is 18.9 Å². The molecule has 0 N–H and O–H groups in total. The molecule has 174 valence electrons. The highest BCUT2D eigenvalue weighted by Gasteiger charge is 2.55. The Kier molecular flexibility index (Phi) is 14.6. The maximum absolute atomic E-state index is 13.1. The molecule has 0 radical (unpaired) electrons. The highest BCUT2D eigenvalue weighted by atomic mass is 16.6. The number of carbonyl (C=O) groups excluding carboxylic acids is 4.